The minimum absolute atomic E-state index is 0.699. The molecule has 1 aromatic rings. The molecule has 0 unspecified atom stereocenters. The molecule has 0 radical (unpaired) electrons. The van der Waals surface area contributed by atoms with Gasteiger partial charge in [0.1, 0.15) is 0 Å². The van der Waals surface area contributed by atoms with E-state index in [4.69, 9.17) is 11.6 Å². The van der Waals surface area contributed by atoms with Gasteiger partial charge in [0, 0.05) is 12.4 Å². The minimum atomic E-state index is 0.699. The van der Waals surface area contributed by atoms with Gasteiger partial charge in [-0.25, -0.2) is 0 Å². The van der Waals surface area contributed by atoms with Gasteiger partial charge in [-0.15, -0.1) is 11.7 Å². The van der Waals surface area contributed by atoms with Crippen molar-refractivity contribution in [1.82, 2.24) is 4.98 Å². The van der Waals surface area contributed by atoms with E-state index in [1.807, 2.05) is 0 Å². The molecular formula is C5H4ClNS2. The van der Waals surface area contributed by atoms with Gasteiger partial charge in [0.25, 0.3) is 0 Å². The van der Waals surface area contributed by atoms with Gasteiger partial charge < -0.3 is 0 Å². The molecule has 0 atom stereocenters. The summed E-state index contributed by atoms with van der Waals surface area (Å²) in [5.74, 6) is 0. The highest BCUT2D eigenvalue weighted by Crippen LogP contribution is 2.27. The standard InChI is InChI=1S/C5H4ClNS2/c6-4-1-2-7-3-5(4)9-8/h1-3,8H. The van der Waals surface area contributed by atoms with Crippen molar-refractivity contribution in [3.63, 3.8) is 0 Å². The third-order valence-corrected chi connectivity index (χ3v) is 2.39. The normalized spacial score (nSPS) is 9.56. The van der Waals surface area contributed by atoms with Crippen LogP contribution in [0.25, 0.3) is 0 Å². The lowest BCUT2D eigenvalue weighted by molar-refractivity contribution is 1.24. The van der Waals surface area contributed by atoms with Gasteiger partial charge >= 0.3 is 0 Å². The molecule has 0 saturated carbocycles. The molecule has 0 saturated heterocycles. The minimum Gasteiger partial charge on any atom is -0.263 e. The zero-order chi connectivity index (χ0) is 6.69. The summed E-state index contributed by atoms with van der Waals surface area (Å²) in [6.45, 7) is 0. The number of aromatic nitrogens is 1. The topological polar surface area (TPSA) is 12.9 Å². The lowest BCUT2D eigenvalue weighted by atomic mass is 10.5. The summed E-state index contributed by atoms with van der Waals surface area (Å²) < 4.78 is 0. The molecular weight excluding hydrogens is 174 g/mol. The molecule has 0 aliphatic rings. The predicted molar refractivity (Wildman–Crippen MR) is 44.1 cm³/mol. The van der Waals surface area contributed by atoms with Crippen LogP contribution in [0, 0.1) is 0 Å². The quantitative estimate of drug-likeness (QED) is 0.523. The van der Waals surface area contributed by atoms with Crippen molar-refractivity contribution in [3.05, 3.63) is 23.5 Å². The maximum absolute atomic E-state index is 5.71. The Morgan fingerprint density at radius 3 is 2.89 bits per heavy atom. The van der Waals surface area contributed by atoms with Crippen LogP contribution in [0.3, 0.4) is 0 Å². The molecule has 1 aromatic heterocycles. The highest BCUT2D eigenvalue weighted by Gasteiger charge is 1.94. The molecule has 0 fully saturated rings. The summed E-state index contributed by atoms with van der Waals surface area (Å²) in [6, 6.07) is 1.74. The first kappa shape index (κ1) is 7.25. The van der Waals surface area contributed by atoms with Gasteiger partial charge in [0.15, 0.2) is 0 Å². The smallest absolute Gasteiger partial charge is 0.0581 e. The van der Waals surface area contributed by atoms with E-state index < -0.39 is 0 Å². The maximum atomic E-state index is 5.71. The van der Waals surface area contributed by atoms with E-state index in [9.17, 15) is 0 Å². The van der Waals surface area contributed by atoms with E-state index in [-0.39, 0.29) is 0 Å². The van der Waals surface area contributed by atoms with Crippen LogP contribution in [0.1, 0.15) is 0 Å². The van der Waals surface area contributed by atoms with Crippen molar-refractivity contribution < 1.29 is 0 Å². The average molecular weight is 178 g/mol. The molecule has 0 spiro atoms. The van der Waals surface area contributed by atoms with Crippen molar-refractivity contribution in [2.45, 2.75) is 4.90 Å². The molecule has 48 valence electrons. The third-order valence-electron chi connectivity index (χ3n) is 0.832. The van der Waals surface area contributed by atoms with E-state index in [1.165, 1.54) is 10.8 Å². The molecule has 0 amide bonds. The number of nitrogens with zero attached hydrogens (tertiary/aromatic N) is 1. The lowest BCUT2D eigenvalue weighted by Gasteiger charge is -1.93. The summed E-state index contributed by atoms with van der Waals surface area (Å²) in [4.78, 5) is 4.75. The Hall–Kier alpha value is 0.140. The van der Waals surface area contributed by atoms with Crippen LogP contribution in [0.2, 0.25) is 5.02 Å². The van der Waals surface area contributed by atoms with Crippen LogP contribution in [-0.2, 0) is 0 Å². The first-order chi connectivity index (χ1) is 4.34. The second-order valence-corrected chi connectivity index (χ2v) is 2.97. The first-order valence-corrected chi connectivity index (χ1v) is 4.50. The van der Waals surface area contributed by atoms with Gasteiger partial charge in [-0.1, -0.05) is 22.4 Å². The van der Waals surface area contributed by atoms with E-state index in [2.05, 4.69) is 16.6 Å². The molecule has 0 aliphatic heterocycles. The number of thiol groups is 1. The Morgan fingerprint density at radius 2 is 2.44 bits per heavy atom. The Labute approximate surface area is 67.6 Å². The van der Waals surface area contributed by atoms with Crippen LogP contribution in [-0.4, -0.2) is 4.98 Å². The lowest BCUT2D eigenvalue weighted by Crippen LogP contribution is -1.72. The van der Waals surface area contributed by atoms with E-state index >= 15 is 0 Å². The summed E-state index contributed by atoms with van der Waals surface area (Å²) in [7, 11) is 1.30. The van der Waals surface area contributed by atoms with Crippen molar-refractivity contribution in [1.29, 1.82) is 0 Å². The molecule has 1 rings (SSSR count). The van der Waals surface area contributed by atoms with Crippen LogP contribution < -0.4 is 0 Å². The van der Waals surface area contributed by atoms with Gasteiger partial charge in [0.05, 0.1) is 9.92 Å². The summed E-state index contributed by atoms with van der Waals surface area (Å²) in [5.41, 5.74) is 0. The van der Waals surface area contributed by atoms with Crippen LogP contribution in [0.15, 0.2) is 23.4 Å². The van der Waals surface area contributed by atoms with E-state index in [0.717, 1.165) is 4.90 Å². The molecule has 4 heteroatoms. The Kier molecular flexibility index (Phi) is 2.69. The average Bonchev–Trinajstić information content (AvgIpc) is 1.89. The number of hydrogen-bond acceptors (Lipinski definition) is 3. The summed E-state index contributed by atoms with van der Waals surface area (Å²) >= 11 is 9.69. The SMILES string of the molecule is SSc1cnccc1Cl. The molecule has 1 heterocycles. The fourth-order valence-corrected chi connectivity index (χ4v) is 1.51. The van der Waals surface area contributed by atoms with E-state index in [0.29, 0.717) is 5.02 Å². The zero-order valence-electron chi connectivity index (χ0n) is 4.41. The highest BCUT2D eigenvalue weighted by molar-refractivity contribution is 8.68. The molecule has 1 nitrogen and oxygen atoms in total. The molecule has 0 aliphatic carbocycles. The third kappa shape index (κ3) is 1.78. The Bertz CT molecular complexity index is 204. The number of halogens is 1. The fourth-order valence-electron chi connectivity index (χ4n) is 0.430. The molecule has 0 bridgehead atoms. The molecule has 0 N–H and O–H groups in total. The van der Waals surface area contributed by atoms with Gasteiger partial charge in [0.2, 0.25) is 0 Å². The van der Waals surface area contributed by atoms with Crippen LogP contribution in [0.5, 0.6) is 0 Å². The van der Waals surface area contributed by atoms with Crippen LogP contribution in [0.4, 0.5) is 0 Å². The van der Waals surface area contributed by atoms with Gasteiger partial charge in [-0.2, -0.15) is 0 Å². The zero-order valence-corrected chi connectivity index (χ0v) is 6.88. The van der Waals surface area contributed by atoms with Crippen LogP contribution >= 0.6 is 34.1 Å². The number of rotatable bonds is 1. The molecule has 0 aromatic carbocycles. The Morgan fingerprint density at radius 1 is 1.67 bits per heavy atom. The van der Waals surface area contributed by atoms with E-state index in [1.54, 1.807) is 18.5 Å². The number of pyridine rings is 1. The highest BCUT2D eigenvalue weighted by atomic mass is 35.5. The largest absolute Gasteiger partial charge is 0.263 e. The van der Waals surface area contributed by atoms with Crippen molar-refractivity contribution in [2.24, 2.45) is 0 Å². The molecule has 9 heavy (non-hydrogen) atoms. The second kappa shape index (κ2) is 3.34. The monoisotopic (exact) mass is 177 g/mol. The summed E-state index contributed by atoms with van der Waals surface area (Å²) in [5, 5.41) is 0.699. The summed E-state index contributed by atoms with van der Waals surface area (Å²) in [6.07, 6.45) is 3.33. The number of hydrogen-bond donors (Lipinski definition) is 1. The maximum Gasteiger partial charge on any atom is 0.0581 e. The Balaban J connectivity index is 3.01. The fraction of sp³-hybridized carbons (Fsp3) is 0. The van der Waals surface area contributed by atoms with Crippen molar-refractivity contribution >= 4 is 34.1 Å². The first-order valence-electron chi connectivity index (χ1n) is 2.25. The van der Waals surface area contributed by atoms with Gasteiger partial charge in [-0.3, -0.25) is 4.98 Å². The second-order valence-electron chi connectivity index (χ2n) is 1.40. The van der Waals surface area contributed by atoms with Gasteiger partial charge in [-0.05, 0) is 6.07 Å². The predicted octanol–water partition coefficient (Wildman–Crippen LogP) is 2.67. The van der Waals surface area contributed by atoms with Crippen molar-refractivity contribution in [3.8, 4) is 0 Å². The van der Waals surface area contributed by atoms with Crippen molar-refractivity contribution in [2.75, 3.05) is 0 Å².